The molecular formula is C17H16N2O4. The van der Waals surface area contributed by atoms with E-state index in [1.54, 1.807) is 12.3 Å². The van der Waals surface area contributed by atoms with Gasteiger partial charge in [0.2, 0.25) is 0 Å². The molecule has 1 unspecified atom stereocenters. The molecule has 118 valence electrons. The maximum absolute atomic E-state index is 12.2. The van der Waals surface area contributed by atoms with Gasteiger partial charge in [-0.05, 0) is 23.9 Å². The van der Waals surface area contributed by atoms with E-state index in [1.165, 1.54) is 6.08 Å². The molecule has 0 amide bonds. The summed E-state index contributed by atoms with van der Waals surface area (Å²) in [4.78, 5) is 24.2. The SMILES string of the molecule is N#CCCOC(=O)C1NC=CC=C1C(=O)OCc1ccccc1. The van der Waals surface area contributed by atoms with E-state index in [0.29, 0.717) is 0 Å². The molecule has 0 saturated carbocycles. The lowest BCUT2D eigenvalue weighted by atomic mass is 10.1. The second kappa shape index (κ2) is 8.39. The van der Waals surface area contributed by atoms with Crippen molar-refractivity contribution in [2.75, 3.05) is 6.61 Å². The summed E-state index contributed by atoms with van der Waals surface area (Å²) >= 11 is 0. The molecule has 2 rings (SSSR count). The maximum atomic E-state index is 12.2. The van der Waals surface area contributed by atoms with Crippen LogP contribution in [-0.4, -0.2) is 24.6 Å². The molecule has 0 saturated heterocycles. The molecule has 1 atom stereocenters. The Labute approximate surface area is 134 Å². The summed E-state index contributed by atoms with van der Waals surface area (Å²) in [5.41, 5.74) is 1.03. The van der Waals surface area contributed by atoms with E-state index in [1.807, 2.05) is 36.4 Å². The highest BCUT2D eigenvalue weighted by Gasteiger charge is 2.30. The summed E-state index contributed by atoms with van der Waals surface area (Å²) in [5.74, 6) is -1.21. The van der Waals surface area contributed by atoms with Gasteiger partial charge in [0.15, 0.2) is 6.04 Å². The molecule has 1 aromatic rings. The largest absolute Gasteiger partial charge is 0.463 e. The minimum Gasteiger partial charge on any atom is -0.463 e. The molecule has 0 spiro atoms. The minimum absolute atomic E-state index is 0.0103. The standard InChI is InChI=1S/C17H16N2O4/c18-9-5-11-22-17(21)15-14(8-4-10-19-15)16(20)23-12-13-6-2-1-3-7-13/h1-4,6-8,10,15,19H,5,11-12H2. The number of nitrogens with one attached hydrogen (secondary N) is 1. The fraction of sp³-hybridized carbons (Fsp3) is 0.235. The Hall–Kier alpha value is -3.07. The molecule has 0 aromatic heterocycles. The summed E-state index contributed by atoms with van der Waals surface area (Å²) < 4.78 is 10.2. The zero-order chi connectivity index (χ0) is 16.5. The number of carbonyl (C=O) groups excluding carboxylic acids is 2. The van der Waals surface area contributed by atoms with Crippen LogP contribution in [0.2, 0.25) is 0 Å². The number of hydrogen-bond donors (Lipinski definition) is 1. The van der Waals surface area contributed by atoms with Crippen molar-refractivity contribution in [1.29, 1.82) is 5.26 Å². The van der Waals surface area contributed by atoms with Crippen LogP contribution in [0.3, 0.4) is 0 Å². The molecular weight excluding hydrogens is 296 g/mol. The Balaban J connectivity index is 1.96. The Morgan fingerprint density at radius 2 is 2.00 bits per heavy atom. The lowest BCUT2D eigenvalue weighted by molar-refractivity contribution is -0.148. The van der Waals surface area contributed by atoms with Crippen LogP contribution >= 0.6 is 0 Å². The third-order valence-electron chi connectivity index (χ3n) is 3.09. The van der Waals surface area contributed by atoms with Gasteiger partial charge in [-0.15, -0.1) is 0 Å². The second-order valence-electron chi connectivity index (χ2n) is 4.72. The molecule has 0 radical (unpaired) electrons. The molecule has 1 heterocycles. The lowest BCUT2D eigenvalue weighted by Gasteiger charge is -2.20. The zero-order valence-electron chi connectivity index (χ0n) is 12.4. The molecule has 23 heavy (non-hydrogen) atoms. The van der Waals surface area contributed by atoms with E-state index in [-0.39, 0.29) is 25.2 Å². The first-order valence-corrected chi connectivity index (χ1v) is 7.10. The van der Waals surface area contributed by atoms with E-state index in [2.05, 4.69) is 5.32 Å². The third-order valence-corrected chi connectivity index (χ3v) is 3.09. The van der Waals surface area contributed by atoms with E-state index in [9.17, 15) is 9.59 Å². The Morgan fingerprint density at radius 3 is 2.74 bits per heavy atom. The van der Waals surface area contributed by atoms with Crippen molar-refractivity contribution in [3.63, 3.8) is 0 Å². The van der Waals surface area contributed by atoms with Gasteiger partial charge >= 0.3 is 11.9 Å². The average Bonchev–Trinajstić information content (AvgIpc) is 2.60. The number of allylic oxidation sites excluding steroid dienone is 2. The first kappa shape index (κ1) is 16.3. The minimum atomic E-state index is -0.929. The Morgan fingerprint density at radius 1 is 1.22 bits per heavy atom. The van der Waals surface area contributed by atoms with Crippen molar-refractivity contribution in [3.8, 4) is 6.07 Å². The summed E-state index contributed by atoms with van der Waals surface area (Å²) in [7, 11) is 0. The number of benzene rings is 1. The molecule has 0 aliphatic carbocycles. The van der Waals surface area contributed by atoms with Gasteiger partial charge in [-0.1, -0.05) is 30.3 Å². The van der Waals surface area contributed by atoms with Gasteiger partial charge < -0.3 is 14.8 Å². The average molecular weight is 312 g/mol. The number of rotatable bonds is 6. The number of carbonyl (C=O) groups is 2. The molecule has 0 bridgehead atoms. The molecule has 1 aliphatic heterocycles. The molecule has 6 nitrogen and oxygen atoms in total. The quantitative estimate of drug-likeness (QED) is 0.634. The zero-order valence-corrected chi connectivity index (χ0v) is 12.4. The van der Waals surface area contributed by atoms with Gasteiger partial charge in [0.1, 0.15) is 13.2 Å². The number of esters is 2. The highest BCUT2D eigenvalue weighted by atomic mass is 16.5. The van der Waals surface area contributed by atoms with Gasteiger partial charge in [0.25, 0.3) is 0 Å². The maximum Gasteiger partial charge on any atom is 0.337 e. The molecule has 6 heteroatoms. The van der Waals surface area contributed by atoms with Crippen molar-refractivity contribution in [3.05, 3.63) is 59.8 Å². The molecule has 1 aliphatic rings. The smallest absolute Gasteiger partial charge is 0.337 e. The van der Waals surface area contributed by atoms with E-state index >= 15 is 0 Å². The van der Waals surface area contributed by atoms with Gasteiger partial charge in [0, 0.05) is 0 Å². The summed E-state index contributed by atoms with van der Waals surface area (Å²) in [6.07, 6.45) is 4.77. The summed E-state index contributed by atoms with van der Waals surface area (Å²) in [6, 6.07) is 10.2. The van der Waals surface area contributed by atoms with Crippen LogP contribution in [0.15, 0.2) is 54.3 Å². The highest BCUT2D eigenvalue weighted by Crippen LogP contribution is 2.13. The van der Waals surface area contributed by atoms with Crippen LogP contribution in [0.4, 0.5) is 0 Å². The number of hydrogen-bond acceptors (Lipinski definition) is 6. The molecule has 0 fully saturated rings. The van der Waals surface area contributed by atoms with Crippen LogP contribution in [0.25, 0.3) is 0 Å². The molecule has 1 N–H and O–H groups in total. The Kier molecular flexibility index (Phi) is 5.95. The fourth-order valence-electron chi connectivity index (χ4n) is 1.96. The fourth-order valence-corrected chi connectivity index (χ4v) is 1.96. The van der Waals surface area contributed by atoms with Gasteiger partial charge in [0.05, 0.1) is 18.1 Å². The van der Waals surface area contributed by atoms with Crippen LogP contribution in [0.1, 0.15) is 12.0 Å². The van der Waals surface area contributed by atoms with Crippen molar-refractivity contribution in [1.82, 2.24) is 5.32 Å². The van der Waals surface area contributed by atoms with E-state index < -0.39 is 18.0 Å². The Bertz CT molecular complexity index is 659. The van der Waals surface area contributed by atoms with Crippen molar-refractivity contribution in [2.45, 2.75) is 19.1 Å². The molecule has 1 aromatic carbocycles. The summed E-state index contributed by atoms with van der Waals surface area (Å²) in [6.45, 7) is 0.112. The highest BCUT2D eigenvalue weighted by molar-refractivity contribution is 5.98. The van der Waals surface area contributed by atoms with Crippen LogP contribution < -0.4 is 5.32 Å². The van der Waals surface area contributed by atoms with Crippen molar-refractivity contribution in [2.24, 2.45) is 0 Å². The topological polar surface area (TPSA) is 88.4 Å². The van der Waals surface area contributed by atoms with Gasteiger partial charge in [-0.3, -0.25) is 0 Å². The van der Waals surface area contributed by atoms with Crippen LogP contribution in [-0.2, 0) is 25.7 Å². The van der Waals surface area contributed by atoms with Crippen molar-refractivity contribution >= 4 is 11.9 Å². The third kappa shape index (κ3) is 4.71. The van der Waals surface area contributed by atoms with Crippen LogP contribution in [0, 0.1) is 11.3 Å². The number of dihydropyridines is 1. The predicted molar refractivity (Wildman–Crippen MR) is 81.6 cm³/mol. The number of ether oxygens (including phenoxy) is 2. The summed E-state index contributed by atoms with van der Waals surface area (Å²) in [5, 5.41) is 11.2. The monoisotopic (exact) mass is 312 g/mol. The van der Waals surface area contributed by atoms with Gasteiger partial charge in [-0.2, -0.15) is 5.26 Å². The normalized spacial score (nSPS) is 15.8. The van der Waals surface area contributed by atoms with E-state index in [0.717, 1.165) is 5.56 Å². The predicted octanol–water partition coefficient (Wildman–Crippen LogP) is 1.60. The first-order chi connectivity index (χ1) is 11.2. The second-order valence-corrected chi connectivity index (χ2v) is 4.72. The van der Waals surface area contributed by atoms with Crippen molar-refractivity contribution < 1.29 is 19.1 Å². The van der Waals surface area contributed by atoms with Gasteiger partial charge in [-0.25, -0.2) is 9.59 Å². The number of nitrogens with zero attached hydrogens (tertiary/aromatic N) is 1. The van der Waals surface area contributed by atoms with Crippen LogP contribution in [0.5, 0.6) is 0 Å². The van der Waals surface area contributed by atoms with E-state index in [4.69, 9.17) is 14.7 Å². The first-order valence-electron chi connectivity index (χ1n) is 7.10. The lowest BCUT2D eigenvalue weighted by Crippen LogP contribution is -2.41. The number of nitriles is 1.